The van der Waals surface area contributed by atoms with Gasteiger partial charge < -0.3 is 15.2 Å². The number of nitrogen functional groups attached to an aromatic ring is 1. The van der Waals surface area contributed by atoms with Crippen LogP contribution in [0.3, 0.4) is 0 Å². The second-order valence-corrected chi connectivity index (χ2v) is 7.11. The lowest BCUT2D eigenvalue weighted by molar-refractivity contribution is 0.0642. The van der Waals surface area contributed by atoms with Crippen LogP contribution in [0, 0.1) is 13.8 Å². The van der Waals surface area contributed by atoms with Crippen molar-refractivity contribution in [1.82, 2.24) is 20.0 Å². The Morgan fingerprint density at radius 1 is 1.03 bits per heavy atom. The first kappa shape index (κ1) is 18.6. The standard InChI is InChI=1S/C20H20N6O3/c1-10-14-15(16(21)17(22-10)18-23-11(2)24-29-18)20(28)26(19(14)27)9-12-5-7-13(8-6-12)25(3)4/h5-8H,9,21H2,1-4H3. The minimum absolute atomic E-state index is 0.0676. The summed E-state index contributed by atoms with van der Waals surface area (Å²) in [6.07, 6.45) is 0. The molecule has 1 aromatic carbocycles. The molecule has 9 nitrogen and oxygen atoms in total. The molecule has 1 aliphatic heterocycles. The Hall–Kier alpha value is -3.75. The smallest absolute Gasteiger partial charge is 0.278 e. The van der Waals surface area contributed by atoms with E-state index in [4.69, 9.17) is 10.3 Å². The first-order valence-corrected chi connectivity index (χ1v) is 9.01. The zero-order valence-electron chi connectivity index (χ0n) is 16.6. The summed E-state index contributed by atoms with van der Waals surface area (Å²) in [6, 6.07) is 7.65. The number of pyridine rings is 1. The molecule has 0 saturated carbocycles. The van der Waals surface area contributed by atoms with Crippen LogP contribution in [0.25, 0.3) is 11.6 Å². The largest absolute Gasteiger partial charge is 0.396 e. The highest BCUT2D eigenvalue weighted by Crippen LogP contribution is 2.35. The molecule has 0 fully saturated rings. The van der Waals surface area contributed by atoms with Gasteiger partial charge in [-0.3, -0.25) is 14.5 Å². The van der Waals surface area contributed by atoms with E-state index in [1.807, 2.05) is 43.3 Å². The Bertz CT molecular complexity index is 1130. The maximum atomic E-state index is 13.1. The van der Waals surface area contributed by atoms with Crippen LogP contribution in [0.1, 0.15) is 37.8 Å². The molecule has 2 aromatic heterocycles. The number of fused-ring (bicyclic) bond motifs is 1. The molecule has 0 atom stereocenters. The van der Waals surface area contributed by atoms with E-state index in [0.717, 1.165) is 11.3 Å². The second kappa shape index (κ2) is 6.69. The summed E-state index contributed by atoms with van der Waals surface area (Å²) < 4.78 is 5.14. The van der Waals surface area contributed by atoms with E-state index in [1.165, 1.54) is 4.90 Å². The summed E-state index contributed by atoms with van der Waals surface area (Å²) in [5.74, 6) is -0.331. The molecule has 29 heavy (non-hydrogen) atoms. The molecule has 0 unspecified atom stereocenters. The monoisotopic (exact) mass is 392 g/mol. The number of aryl methyl sites for hydroxylation is 2. The van der Waals surface area contributed by atoms with E-state index in [0.29, 0.717) is 11.5 Å². The van der Waals surface area contributed by atoms with Crippen molar-refractivity contribution >= 4 is 23.2 Å². The van der Waals surface area contributed by atoms with Gasteiger partial charge in [0, 0.05) is 19.8 Å². The lowest BCUT2D eigenvalue weighted by atomic mass is 10.0. The van der Waals surface area contributed by atoms with Gasteiger partial charge in [-0.1, -0.05) is 17.3 Å². The number of benzene rings is 1. The van der Waals surface area contributed by atoms with Crippen molar-refractivity contribution in [2.75, 3.05) is 24.7 Å². The fourth-order valence-corrected chi connectivity index (χ4v) is 3.35. The number of amides is 2. The third kappa shape index (κ3) is 3.00. The average Bonchev–Trinajstić information content (AvgIpc) is 3.22. The summed E-state index contributed by atoms with van der Waals surface area (Å²) in [5, 5.41) is 3.73. The summed E-state index contributed by atoms with van der Waals surface area (Å²) in [4.78, 5) is 37.7. The number of nitrogens with two attached hydrogens (primary N) is 1. The quantitative estimate of drug-likeness (QED) is 0.671. The third-order valence-corrected chi connectivity index (χ3v) is 4.86. The third-order valence-electron chi connectivity index (χ3n) is 4.86. The molecule has 148 valence electrons. The zero-order chi connectivity index (χ0) is 20.9. The summed E-state index contributed by atoms with van der Waals surface area (Å²) >= 11 is 0. The maximum Gasteiger partial charge on any atom is 0.278 e. The topological polar surface area (TPSA) is 118 Å². The summed E-state index contributed by atoms with van der Waals surface area (Å²) in [6.45, 7) is 3.47. The molecular weight excluding hydrogens is 372 g/mol. The summed E-state index contributed by atoms with van der Waals surface area (Å²) in [5.41, 5.74) is 9.10. The molecule has 2 N–H and O–H groups in total. The molecule has 3 heterocycles. The van der Waals surface area contributed by atoms with E-state index in [1.54, 1.807) is 13.8 Å². The van der Waals surface area contributed by atoms with Crippen LogP contribution in [-0.4, -0.2) is 45.9 Å². The van der Waals surface area contributed by atoms with E-state index in [2.05, 4.69) is 15.1 Å². The zero-order valence-corrected chi connectivity index (χ0v) is 16.6. The average molecular weight is 392 g/mol. The van der Waals surface area contributed by atoms with E-state index >= 15 is 0 Å². The van der Waals surface area contributed by atoms with Crippen molar-refractivity contribution in [2.24, 2.45) is 0 Å². The van der Waals surface area contributed by atoms with Crippen molar-refractivity contribution in [3.05, 3.63) is 52.5 Å². The van der Waals surface area contributed by atoms with Crippen molar-refractivity contribution < 1.29 is 14.1 Å². The van der Waals surface area contributed by atoms with Gasteiger partial charge in [-0.25, -0.2) is 4.98 Å². The molecule has 9 heteroatoms. The Labute approximate surface area is 167 Å². The molecule has 1 aliphatic rings. The highest BCUT2D eigenvalue weighted by Gasteiger charge is 2.40. The van der Waals surface area contributed by atoms with Gasteiger partial charge in [0.15, 0.2) is 11.5 Å². The Kier molecular flexibility index (Phi) is 4.30. The van der Waals surface area contributed by atoms with Crippen LogP contribution in [0.5, 0.6) is 0 Å². The van der Waals surface area contributed by atoms with Crippen molar-refractivity contribution in [1.29, 1.82) is 0 Å². The fraction of sp³-hybridized carbons (Fsp3) is 0.250. The lowest BCUT2D eigenvalue weighted by Crippen LogP contribution is -2.29. The molecule has 0 saturated heterocycles. The number of carbonyl (C=O) groups excluding carboxylic acids is 2. The number of imide groups is 1. The molecule has 3 aromatic rings. The predicted molar refractivity (Wildman–Crippen MR) is 106 cm³/mol. The molecule has 0 bridgehead atoms. The number of rotatable bonds is 4. The number of carbonyl (C=O) groups is 2. The lowest BCUT2D eigenvalue weighted by Gasteiger charge is -2.16. The predicted octanol–water partition coefficient (Wildman–Crippen LogP) is 2.19. The number of hydrogen-bond donors (Lipinski definition) is 1. The molecule has 0 aliphatic carbocycles. The summed E-state index contributed by atoms with van der Waals surface area (Å²) in [7, 11) is 3.89. The van der Waals surface area contributed by atoms with E-state index in [9.17, 15) is 9.59 Å². The van der Waals surface area contributed by atoms with Crippen molar-refractivity contribution in [3.8, 4) is 11.6 Å². The number of nitrogens with zero attached hydrogens (tertiary/aromatic N) is 5. The normalized spacial score (nSPS) is 13.2. The SMILES string of the molecule is Cc1noc(-c2nc(C)c3c(c2N)C(=O)N(Cc2ccc(N(C)C)cc2)C3=O)n1. The van der Waals surface area contributed by atoms with Crippen molar-refractivity contribution in [3.63, 3.8) is 0 Å². The van der Waals surface area contributed by atoms with Crippen LogP contribution in [0.15, 0.2) is 28.8 Å². The van der Waals surface area contributed by atoms with Gasteiger partial charge in [-0.2, -0.15) is 4.98 Å². The number of hydrogen-bond acceptors (Lipinski definition) is 8. The highest BCUT2D eigenvalue weighted by atomic mass is 16.5. The van der Waals surface area contributed by atoms with Gasteiger partial charge >= 0.3 is 0 Å². The van der Waals surface area contributed by atoms with Crippen LogP contribution in [0.4, 0.5) is 11.4 Å². The molecular formula is C20H20N6O3. The van der Waals surface area contributed by atoms with Crippen molar-refractivity contribution in [2.45, 2.75) is 20.4 Å². The first-order chi connectivity index (χ1) is 13.8. The van der Waals surface area contributed by atoms with Gasteiger partial charge in [0.1, 0.15) is 0 Å². The van der Waals surface area contributed by atoms with Gasteiger partial charge in [0.2, 0.25) is 0 Å². The van der Waals surface area contributed by atoms with Crippen LogP contribution in [-0.2, 0) is 6.54 Å². The second-order valence-electron chi connectivity index (χ2n) is 7.11. The molecule has 4 rings (SSSR count). The minimum Gasteiger partial charge on any atom is -0.396 e. The molecule has 0 radical (unpaired) electrons. The maximum absolute atomic E-state index is 13.1. The highest BCUT2D eigenvalue weighted by molar-refractivity contribution is 6.24. The van der Waals surface area contributed by atoms with Gasteiger partial charge in [0.25, 0.3) is 17.7 Å². The van der Waals surface area contributed by atoms with Gasteiger partial charge in [-0.15, -0.1) is 0 Å². The fourth-order valence-electron chi connectivity index (χ4n) is 3.35. The van der Waals surface area contributed by atoms with Crippen LogP contribution in [0.2, 0.25) is 0 Å². The number of anilines is 2. The van der Waals surface area contributed by atoms with Crippen LogP contribution < -0.4 is 10.6 Å². The van der Waals surface area contributed by atoms with E-state index < -0.39 is 11.8 Å². The minimum atomic E-state index is -0.456. The van der Waals surface area contributed by atoms with Crippen LogP contribution >= 0.6 is 0 Å². The molecule has 2 amide bonds. The Morgan fingerprint density at radius 2 is 1.69 bits per heavy atom. The molecule has 0 spiro atoms. The Morgan fingerprint density at radius 3 is 2.28 bits per heavy atom. The Balaban J connectivity index is 1.71. The van der Waals surface area contributed by atoms with Gasteiger partial charge in [-0.05, 0) is 31.5 Å². The number of aromatic nitrogens is 3. The first-order valence-electron chi connectivity index (χ1n) is 9.01. The van der Waals surface area contributed by atoms with Gasteiger partial charge in [0.05, 0.1) is 29.1 Å². The van der Waals surface area contributed by atoms with E-state index in [-0.39, 0.29) is 34.9 Å².